The summed E-state index contributed by atoms with van der Waals surface area (Å²) in [7, 11) is 0. The first-order chi connectivity index (χ1) is 14.0. The maximum atomic E-state index is 12.7. The summed E-state index contributed by atoms with van der Waals surface area (Å²) in [6.45, 7) is 6.70. The molecule has 0 aliphatic rings. The van der Waals surface area contributed by atoms with E-state index in [0.717, 1.165) is 16.8 Å². The van der Waals surface area contributed by atoms with Crippen LogP contribution in [0.2, 0.25) is 0 Å². The molecule has 3 rings (SSSR count). The number of nitrogens with one attached hydrogen (secondary N) is 2. The number of amides is 1. The third kappa shape index (κ3) is 6.01. The zero-order chi connectivity index (χ0) is 20.6. The molecule has 1 aromatic heterocycles. The first-order valence-electron chi connectivity index (χ1n) is 9.69. The molecule has 1 heterocycles. The van der Waals surface area contributed by atoms with Crippen LogP contribution in [-0.4, -0.2) is 16.9 Å². The van der Waals surface area contributed by atoms with Gasteiger partial charge in [0.15, 0.2) is 0 Å². The molecule has 0 atom stereocenters. The van der Waals surface area contributed by atoms with Crippen LogP contribution in [0.5, 0.6) is 0 Å². The summed E-state index contributed by atoms with van der Waals surface area (Å²) in [6.07, 6.45) is 3.46. The van der Waals surface area contributed by atoms with Crippen LogP contribution in [0.25, 0.3) is 0 Å². The van der Waals surface area contributed by atoms with E-state index in [2.05, 4.69) is 46.6 Å². The molecular weight excluding hydrogens is 360 g/mol. The molecule has 0 saturated heterocycles. The molecule has 0 radical (unpaired) electrons. The number of aromatic nitrogens is 1. The number of carbonyl (C=O) groups is 1. The molecule has 5 nitrogen and oxygen atoms in total. The van der Waals surface area contributed by atoms with Gasteiger partial charge in [0.2, 0.25) is 5.96 Å². The number of guanidine groups is 1. The highest BCUT2D eigenvalue weighted by molar-refractivity contribution is 6.10. The molecule has 0 saturated carbocycles. The van der Waals surface area contributed by atoms with Crippen molar-refractivity contribution in [2.75, 3.05) is 5.32 Å². The average molecular weight is 386 g/mol. The van der Waals surface area contributed by atoms with Crippen molar-refractivity contribution in [1.29, 1.82) is 0 Å². The van der Waals surface area contributed by atoms with Crippen molar-refractivity contribution in [3.8, 4) is 0 Å². The smallest absolute Gasteiger partial charge is 0.257 e. The van der Waals surface area contributed by atoms with E-state index >= 15 is 0 Å². The summed E-state index contributed by atoms with van der Waals surface area (Å²) in [5.41, 5.74) is 4.74. The molecule has 0 spiro atoms. The van der Waals surface area contributed by atoms with Crippen molar-refractivity contribution in [3.63, 3.8) is 0 Å². The highest BCUT2D eigenvalue weighted by atomic mass is 16.1. The minimum absolute atomic E-state index is 0.199. The zero-order valence-corrected chi connectivity index (χ0v) is 17.0. The van der Waals surface area contributed by atoms with Crippen molar-refractivity contribution < 1.29 is 4.79 Å². The minimum atomic E-state index is -0.199. The molecule has 148 valence electrons. The molecule has 1 amide bonds. The Morgan fingerprint density at radius 2 is 1.79 bits per heavy atom. The Hall–Kier alpha value is -3.47. The molecule has 0 aliphatic carbocycles. The van der Waals surface area contributed by atoms with Crippen molar-refractivity contribution in [3.05, 3.63) is 95.3 Å². The van der Waals surface area contributed by atoms with Gasteiger partial charge in [-0.15, -0.1) is 0 Å². The number of aryl methyl sites for hydroxylation is 1. The second kappa shape index (κ2) is 9.64. The third-order valence-electron chi connectivity index (χ3n) is 4.50. The lowest BCUT2D eigenvalue weighted by Gasteiger charge is -2.14. The first kappa shape index (κ1) is 20.3. The minimum Gasteiger partial charge on any atom is -0.326 e. The van der Waals surface area contributed by atoms with Crippen LogP contribution < -0.4 is 10.6 Å². The SMILES string of the molecule is Cc1cccc(C(=O)NC(=NCc2ccncc2)Nc2cccc(C(C)C)c2)c1. The van der Waals surface area contributed by atoms with Crippen LogP contribution in [-0.2, 0) is 6.54 Å². The number of rotatable bonds is 5. The Labute approximate surface area is 171 Å². The summed E-state index contributed by atoms with van der Waals surface area (Å²) in [5.74, 6) is 0.625. The predicted molar refractivity (Wildman–Crippen MR) is 118 cm³/mol. The van der Waals surface area contributed by atoms with E-state index < -0.39 is 0 Å². The van der Waals surface area contributed by atoms with E-state index in [4.69, 9.17) is 0 Å². The van der Waals surface area contributed by atoms with Gasteiger partial charge in [-0.25, -0.2) is 4.99 Å². The van der Waals surface area contributed by atoms with Crippen LogP contribution in [0, 0.1) is 6.92 Å². The van der Waals surface area contributed by atoms with E-state index in [1.54, 1.807) is 18.5 Å². The standard InChI is InChI=1S/C24H26N4O/c1-17(2)20-7-5-9-22(15-20)27-24(26-16-19-10-12-25-13-11-19)28-23(29)21-8-4-6-18(3)14-21/h4-15,17H,16H2,1-3H3,(H2,26,27,28,29). The quantitative estimate of drug-likeness (QED) is 0.483. The van der Waals surface area contributed by atoms with Gasteiger partial charge in [-0.2, -0.15) is 0 Å². The van der Waals surface area contributed by atoms with Gasteiger partial charge >= 0.3 is 0 Å². The van der Waals surface area contributed by atoms with Crippen molar-refractivity contribution in [1.82, 2.24) is 10.3 Å². The van der Waals surface area contributed by atoms with Gasteiger partial charge < -0.3 is 5.32 Å². The fourth-order valence-corrected chi connectivity index (χ4v) is 2.85. The maximum Gasteiger partial charge on any atom is 0.257 e. The topological polar surface area (TPSA) is 66.4 Å². The molecule has 0 aliphatic heterocycles. The predicted octanol–water partition coefficient (Wildman–Crippen LogP) is 4.91. The fraction of sp³-hybridized carbons (Fsp3) is 0.208. The third-order valence-corrected chi connectivity index (χ3v) is 4.50. The van der Waals surface area contributed by atoms with Gasteiger partial charge in [0.25, 0.3) is 5.91 Å². The molecule has 5 heteroatoms. The molecule has 0 unspecified atom stereocenters. The van der Waals surface area contributed by atoms with Crippen molar-refractivity contribution in [2.24, 2.45) is 4.99 Å². The van der Waals surface area contributed by atoms with Gasteiger partial charge in [-0.05, 0) is 60.4 Å². The van der Waals surface area contributed by atoms with E-state index in [1.807, 2.05) is 49.4 Å². The van der Waals surface area contributed by atoms with Gasteiger partial charge in [0.05, 0.1) is 6.54 Å². The van der Waals surface area contributed by atoms with Crippen molar-refractivity contribution in [2.45, 2.75) is 33.2 Å². The summed E-state index contributed by atoms with van der Waals surface area (Å²) < 4.78 is 0. The van der Waals surface area contributed by atoms with E-state index in [1.165, 1.54) is 5.56 Å². The Kier molecular flexibility index (Phi) is 6.74. The van der Waals surface area contributed by atoms with Gasteiger partial charge in [0, 0.05) is 23.6 Å². The molecule has 0 fully saturated rings. The van der Waals surface area contributed by atoms with Crippen LogP contribution in [0.1, 0.15) is 46.8 Å². The van der Waals surface area contributed by atoms with Crippen LogP contribution in [0.3, 0.4) is 0 Å². The average Bonchev–Trinajstić information content (AvgIpc) is 2.73. The lowest BCUT2D eigenvalue weighted by Crippen LogP contribution is -2.36. The summed E-state index contributed by atoms with van der Waals surface area (Å²) in [5, 5.41) is 6.17. The number of carbonyl (C=O) groups excluding carboxylic acids is 1. The zero-order valence-electron chi connectivity index (χ0n) is 17.0. The Morgan fingerprint density at radius 1 is 1.03 bits per heavy atom. The normalized spacial score (nSPS) is 11.4. The first-order valence-corrected chi connectivity index (χ1v) is 9.69. The summed E-state index contributed by atoms with van der Waals surface area (Å²) >= 11 is 0. The van der Waals surface area contributed by atoms with Crippen LogP contribution >= 0.6 is 0 Å². The molecule has 2 aromatic carbocycles. The van der Waals surface area contributed by atoms with Gasteiger partial charge in [-0.1, -0.05) is 43.7 Å². The number of benzene rings is 2. The van der Waals surface area contributed by atoms with Crippen LogP contribution in [0.4, 0.5) is 5.69 Å². The molecule has 2 N–H and O–H groups in total. The van der Waals surface area contributed by atoms with E-state index in [9.17, 15) is 4.79 Å². The Balaban J connectivity index is 1.83. The second-order valence-corrected chi connectivity index (χ2v) is 7.25. The number of pyridine rings is 1. The fourth-order valence-electron chi connectivity index (χ4n) is 2.85. The van der Waals surface area contributed by atoms with Gasteiger partial charge in [-0.3, -0.25) is 15.1 Å². The summed E-state index contributed by atoms with van der Waals surface area (Å²) in [4.78, 5) is 21.4. The van der Waals surface area contributed by atoms with E-state index in [0.29, 0.717) is 24.0 Å². The lowest BCUT2D eigenvalue weighted by molar-refractivity contribution is 0.0977. The highest BCUT2D eigenvalue weighted by Crippen LogP contribution is 2.18. The second-order valence-electron chi connectivity index (χ2n) is 7.25. The number of hydrogen-bond donors (Lipinski definition) is 2. The number of anilines is 1. The molecule has 29 heavy (non-hydrogen) atoms. The largest absolute Gasteiger partial charge is 0.326 e. The number of aliphatic imine (C=N–C) groups is 1. The maximum absolute atomic E-state index is 12.7. The van der Waals surface area contributed by atoms with Gasteiger partial charge in [0.1, 0.15) is 0 Å². The van der Waals surface area contributed by atoms with Crippen molar-refractivity contribution >= 4 is 17.6 Å². The number of nitrogens with zero attached hydrogens (tertiary/aromatic N) is 2. The Morgan fingerprint density at radius 3 is 2.52 bits per heavy atom. The molecule has 0 bridgehead atoms. The number of hydrogen-bond acceptors (Lipinski definition) is 3. The summed E-state index contributed by atoms with van der Waals surface area (Å²) in [6, 6.07) is 19.4. The molecule has 3 aromatic rings. The van der Waals surface area contributed by atoms with Crippen LogP contribution in [0.15, 0.2) is 78.0 Å². The van der Waals surface area contributed by atoms with E-state index in [-0.39, 0.29) is 5.91 Å². The Bertz CT molecular complexity index is 997. The monoisotopic (exact) mass is 386 g/mol. The lowest BCUT2D eigenvalue weighted by atomic mass is 10.0. The highest BCUT2D eigenvalue weighted by Gasteiger charge is 2.10. The molecular formula is C24H26N4O.